The summed E-state index contributed by atoms with van der Waals surface area (Å²) in [5, 5.41) is 0. The standard InChI is InChI=1S/C10H12F5N3O/c1-5(2)6-7(16)17-4-18-8(6)19-3-9(11,12)10(13,14)15/h4-5H,3H2,1-2H3,(H2,16,17,18). The molecule has 19 heavy (non-hydrogen) atoms. The van der Waals surface area contributed by atoms with Crippen molar-refractivity contribution in [3.05, 3.63) is 11.9 Å². The van der Waals surface area contributed by atoms with Gasteiger partial charge in [-0.3, -0.25) is 0 Å². The lowest BCUT2D eigenvalue weighted by atomic mass is 10.1. The highest BCUT2D eigenvalue weighted by atomic mass is 19.4. The fourth-order valence-electron chi connectivity index (χ4n) is 1.29. The SMILES string of the molecule is CC(C)c1c(N)ncnc1OCC(F)(F)C(F)(F)F. The molecule has 0 aliphatic carbocycles. The third kappa shape index (κ3) is 3.42. The van der Waals surface area contributed by atoms with Crippen molar-refractivity contribution in [2.45, 2.75) is 31.9 Å². The first-order chi connectivity index (χ1) is 8.56. The highest BCUT2D eigenvalue weighted by Gasteiger charge is 2.58. The zero-order chi connectivity index (χ0) is 14.8. The van der Waals surface area contributed by atoms with E-state index in [2.05, 4.69) is 14.7 Å². The molecule has 0 aromatic carbocycles. The van der Waals surface area contributed by atoms with Crippen LogP contribution >= 0.6 is 0 Å². The van der Waals surface area contributed by atoms with Gasteiger partial charge >= 0.3 is 12.1 Å². The predicted molar refractivity (Wildman–Crippen MR) is 57.0 cm³/mol. The molecule has 108 valence electrons. The number of ether oxygens (including phenoxy) is 1. The van der Waals surface area contributed by atoms with Crippen molar-refractivity contribution in [2.75, 3.05) is 12.3 Å². The average molecular weight is 285 g/mol. The molecule has 1 aromatic rings. The Morgan fingerprint density at radius 2 is 1.79 bits per heavy atom. The summed E-state index contributed by atoms with van der Waals surface area (Å²) in [5.41, 5.74) is 5.70. The summed E-state index contributed by atoms with van der Waals surface area (Å²) in [6, 6.07) is 0. The Labute approximate surface area is 105 Å². The molecule has 0 aliphatic rings. The van der Waals surface area contributed by atoms with Gasteiger partial charge in [-0.2, -0.15) is 22.0 Å². The van der Waals surface area contributed by atoms with Gasteiger partial charge in [0.1, 0.15) is 12.1 Å². The molecule has 1 rings (SSSR count). The van der Waals surface area contributed by atoms with Crippen LogP contribution in [0.4, 0.5) is 27.8 Å². The highest BCUT2D eigenvalue weighted by Crippen LogP contribution is 2.36. The fourth-order valence-corrected chi connectivity index (χ4v) is 1.29. The molecule has 2 N–H and O–H groups in total. The monoisotopic (exact) mass is 285 g/mol. The van der Waals surface area contributed by atoms with Crippen LogP contribution in [0.5, 0.6) is 5.88 Å². The van der Waals surface area contributed by atoms with Crippen molar-refractivity contribution in [3.8, 4) is 5.88 Å². The van der Waals surface area contributed by atoms with Crippen molar-refractivity contribution in [2.24, 2.45) is 0 Å². The van der Waals surface area contributed by atoms with Crippen molar-refractivity contribution in [1.29, 1.82) is 0 Å². The zero-order valence-electron chi connectivity index (χ0n) is 10.1. The van der Waals surface area contributed by atoms with Crippen molar-refractivity contribution in [1.82, 2.24) is 9.97 Å². The van der Waals surface area contributed by atoms with Crippen molar-refractivity contribution in [3.63, 3.8) is 0 Å². The summed E-state index contributed by atoms with van der Waals surface area (Å²) in [6.45, 7) is 1.46. The molecule has 9 heteroatoms. The normalized spacial score (nSPS) is 12.8. The lowest BCUT2D eigenvalue weighted by Gasteiger charge is -2.21. The Balaban J connectivity index is 2.93. The second kappa shape index (κ2) is 5.14. The van der Waals surface area contributed by atoms with Crippen molar-refractivity contribution >= 4 is 5.82 Å². The zero-order valence-corrected chi connectivity index (χ0v) is 10.1. The number of alkyl halides is 5. The van der Waals surface area contributed by atoms with Crippen LogP contribution < -0.4 is 10.5 Å². The minimum Gasteiger partial charge on any atom is -0.471 e. The van der Waals surface area contributed by atoms with Gasteiger partial charge in [0.05, 0.1) is 5.56 Å². The quantitative estimate of drug-likeness (QED) is 0.864. The van der Waals surface area contributed by atoms with Gasteiger partial charge in [0.15, 0.2) is 6.61 Å². The number of nitrogens with zero attached hydrogens (tertiary/aromatic N) is 2. The largest absolute Gasteiger partial charge is 0.471 e. The van der Waals surface area contributed by atoms with Gasteiger partial charge in [0.2, 0.25) is 5.88 Å². The first kappa shape index (κ1) is 15.4. The lowest BCUT2D eigenvalue weighted by Crippen LogP contribution is -2.42. The van der Waals surface area contributed by atoms with E-state index in [4.69, 9.17) is 5.73 Å². The summed E-state index contributed by atoms with van der Waals surface area (Å²) in [7, 11) is 0. The molecule has 0 aliphatic heterocycles. The molecule has 4 nitrogen and oxygen atoms in total. The molecule has 0 saturated carbocycles. The van der Waals surface area contributed by atoms with E-state index < -0.39 is 18.7 Å². The first-order valence-electron chi connectivity index (χ1n) is 5.24. The van der Waals surface area contributed by atoms with E-state index in [0.29, 0.717) is 0 Å². The maximum Gasteiger partial charge on any atom is 0.456 e. The summed E-state index contributed by atoms with van der Waals surface area (Å²) in [6.07, 6.45) is -4.74. The average Bonchev–Trinajstić information content (AvgIpc) is 2.24. The third-order valence-corrected chi connectivity index (χ3v) is 2.26. The van der Waals surface area contributed by atoms with Gasteiger partial charge in [0.25, 0.3) is 0 Å². The van der Waals surface area contributed by atoms with Gasteiger partial charge < -0.3 is 10.5 Å². The Morgan fingerprint density at radius 1 is 1.21 bits per heavy atom. The molecule has 0 atom stereocenters. The van der Waals surface area contributed by atoms with Gasteiger partial charge in [-0.25, -0.2) is 9.97 Å². The van der Waals surface area contributed by atoms with E-state index in [1.165, 1.54) is 0 Å². The summed E-state index contributed by atoms with van der Waals surface area (Å²) in [4.78, 5) is 7.16. The van der Waals surface area contributed by atoms with E-state index >= 15 is 0 Å². The number of hydrogen-bond acceptors (Lipinski definition) is 4. The number of hydrogen-bond donors (Lipinski definition) is 1. The Kier molecular flexibility index (Phi) is 4.16. The van der Waals surface area contributed by atoms with Crippen molar-refractivity contribution < 1.29 is 26.7 Å². The maximum absolute atomic E-state index is 12.7. The van der Waals surface area contributed by atoms with E-state index in [1.807, 2.05) is 0 Å². The summed E-state index contributed by atoms with van der Waals surface area (Å²) >= 11 is 0. The Hall–Kier alpha value is -1.67. The molecule has 0 amide bonds. The van der Waals surface area contributed by atoms with Gasteiger partial charge in [-0.05, 0) is 5.92 Å². The number of rotatable bonds is 4. The molecule has 0 radical (unpaired) electrons. The smallest absolute Gasteiger partial charge is 0.456 e. The molecule has 0 fully saturated rings. The van der Waals surface area contributed by atoms with E-state index in [0.717, 1.165) is 6.33 Å². The minimum atomic E-state index is -5.68. The van der Waals surface area contributed by atoms with E-state index in [1.54, 1.807) is 13.8 Å². The molecular weight excluding hydrogens is 273 g/mol. The Morgan fingerprint density at radius 3 is 2.26 bits per heavy atom. The highest BCUT2D eigenvalue weighted by molar-refractivity contribution is 5.46. The van der Waals surface area contributed by atoms with Crippen LogP contribution in [-0.2, 0) is 0 Å². The molecule has 1 heterocycles. The second-order valence-electron chi connectivity index (χ2n) is 4.12. The second-order valence-corrected chi connectivity index (χ2v) is 4.12. The van der Waals surface area contributed by atoms with Crippen LogP contribution in [0.2, 0.25) is 0 Å². The summed E-state index contributed by atoms with van der Waals surface area (Å²) < 4.78 is 65.9. The van der Waals surface area contributed by atoms with Gasteiger partial charge in [0, 0.05) is 0 Å². The molecule has 0 spiro atoms. The molecular formula is C10H12F5N3O. The Bertz CT molecular complexity index is 447. The molecule has 1 aromatic heterocycles. The lowest BCUT2D eigenvalue weighted by molar-refractivity contribution is -0.290. The van der Waals surface area contributed by atoms with Crippen LogP contribution in [0.3, 0.4) is 0 Å². The van der Waals surface area contributed by atoms with Crippen LogP contribution in [-0.4, -0.2) is 28.7 Å². The third-order valence-electron chi connectivity index (χ3n) is 2.26. The van der Waals surface area contributed by atoms with Crippen LogP contribution in [0.1, 0.15) is 25.3 Å². The number of aromatic nitrogens is 2. The number of halogens is 5. The summed E-state index contributed by atoms with van der Waals surface area (Å²) in [5.74, 6) is -5.63. The van der Waals surface area contributed by atoms with Gasteiger partial charge in [-0.15, -0.1) is 0 Å². The number of nitrogen functional groups attached to an aromatic ring is 1. The van der Waals surface area contributed by atoms with E-state index in [9.17, 15) is 22.0 Å². The number of nitrogens with two attached hydrogens (primary N) is 1. The maximum atomic E-state index is 12.7. The first-order valence-corrected chi connectivity index (χ1v) is 5.24. The van der Waals surface area contributed by atoms with Gasteiger partial charge in [-0.1, -0.05) is 13.8 Å². The van der Waals surface area contributed by atoms with Crippen LogP contribution in [0, 0.1) is 0 Å². The van der Waals surface area contributed by atoms with Crippen LogP contribution in [0.15, 0.2) is 6.33 Å². The van der Waals surface area contributed by atoms with Crippen LogP contribution in [0.25, 0.3) is 0 Å². The molecule has 0 bridgehead atoms. The molecule has 0 saturated heterocycles. The van der Waals surface area contributed by atoms with E-state index in [-0.39, 0.29) is 23.2 Å². The minimum absolute atomic E-state index is 0.0182. The number of anilines is 1. The predicted octanol–water partition coefficient (Wildman–Crippen LogP) is 2.76. The molecule has 0 unspecified atom stereocenters. The fraction of sp³-hybridized carbons (Fsp3) is 0.600. The topological polar surface area (TPSA) is 61.0 Å².